The first-order valence-corrected chi connectivity index (χ1v) is 5.88. The average Bonchev–Trinajstić information content (AvgIpc) is 2.28. The van der Waals surface area contributed by atoms with Gasteiger partial charge < -0.3 is 20.6 Å². The van der Waals surface area contributed by atoms with Crippen LogP contribution in [0, 0.1) is 0 Å². The molecular formula is C13H17NO5. The minimum absolute atomic E-state index is 0.0529. The molecule has 19 heavy (non-hydrogen) atoms. The van der Waals surface area contributed by atoms with E-state index in [1.54, 1.807) is 6.07 Å². The Labute approximate surface area is 110 Å². The zero-order chi connectivity index (χ0) is 14.4. The van der Waals surface area contributed by atoms with Crippen LogP contribution in [0.1, 0.15) is 25.3 Å². The lowest BCUT2D eigenvalue weighted by Gasteiger charge is -2.17. The first-order chi connectivity index (χ1) is 8.88. The van der Waals surface area contributed by atoms with Crippen molar-refractivity contribution in [3.8, 4) is 11.5 Å². The maximum atomic E-state index is 11.1. The Morgan fingerprint density at radius 2 is 2.00 bits per heavy atom. The topological polar surface area (TPSA) is 107 Å². The molecule has 1 unspecified atom stereocenters. The molecule has 6 heteroatoms. The van der Waals surface area contributed by atoms with E-state index in [2.05, 4.69) is 5.32 Å². The molecule has 1 rings (SSSR count). The number of carboxylic acids is 1. The molecular weight excluding hydrogens is 250 g/mol. The number of aliphatic carboxylic acids is 1. The maximum absolute atomic E-state index is 11.1. The molecule has 1 aromatic carbocycles. The van der Waals surface area contributed by atoms with Crippen molar-refractivity contribution in [3.05, 3.63) is 23.8 Å². The molecule has 0 spiro atoms. The second kappa shape index (κ2) is 6.63. The van der Waals surface area contributed by atoms with Gasteiger partial charge in [0, 0.05) is 25.5 Å². The van der Waals surface area contributed by atoms with Crippen LogP contribution in [0.3, 0.4) is 0 Å². The van der Waals surface area contributed by atoms with Gasteiger partial charge in [0.05, 0.1) is 0 Å². The Kier molecular flexibility index (Phi) is 5.17. The summed E-state index contributed by atoms with van der Waals surface area (Å²) in [6.07, 6.45) is 0.512. The van der Waals surface area contributed by atoms with E-state index < -0.39 is 5.97 Å². The molecule has 1 aromatic rings. The molecule has 0 heterocycles. The second-order valence-corrected chi connectivity index (χ2v) is 4.35. The lowest BCUT2D eigenvalue weighted by molar-refractivity contribution is -0.137. The fourth-order valence-corrected chi connectivity index (χ4v) is 1.80. The summed E-state index contributed by atoms with van der Waals surface area (Å²) in [5.41, 5.74) is 0.543. The normalized spacial score (nSPS) is 11.8. The number of phenols is 2. The zero-order valence-electron chi connectivity index (χ0n) is 10.6. The molecule has 0 radical (unpaired) electrons. The standard InChI is InChI=1S/C13H17NO5/c1-8(15)14-10(3-5-13(18)19)6-9-2-4-11(16)7-12(9)17/h2,4,7,10,16-17H,3,5-6H2,1H3,(H,14,15)(H,18,19). The summed E-state index contributed by atoms with van der Waals surface area (Å²) in [6.45, 7) is 1.35. The van der Waals surface area contributed by atoms with Gasteiger partial charge in [-0.25, -0.2) is 0 Å². The number of nitrogens with one attached hydrogen (secondary N) is 1. The summed E-state index contributed by atoms with van der Waals surface area (Å²) >= 11 is 0. The van der Waals surface area contributed by atoms with E-state index in [9.17, 15) is 19.8 Å². The molecule has 104 valence electrons. The second-order valence-electron chi connectivity index (χ2n) is 4.35. The first kappa shape index (κ1) is 14.8. The monoisotopic (exact) mass is 267 g/mol. The number of hydrogen-bond donors (Lipinski definition) is 4. The van der Waals surface area contributed by atoms with Crippen molar-refractivity contribution < 1.29 is 24.9 Å². The van der Waals surface area contributed by atoms with Crippen LogP contribution in [0.15, 0.2) is 18.2 Å². The van der Waals surface area contributed by atoms with E-state index >= 15 is 0 Å². The van der Waals surface area contributed by atoms with Gasteiger partial charge in [-0.3, -0.25) is 9.59 Å². The number of phenolic OH excluding ortho intramolecular Hbond substituents is 2. The summed E-state index contributed by atoms with van der Waals surface area (Å²) in [7, 11) is 0. The van der Waals surface area contributed by atoms with Crippen LogP contribution in [-0.2, 0) is 16.0 Å². The van der Waals surface area contributed by atoms with E-state index in [1.165, 1.54) is 19.1 Å². The van der Waals surface area contributed by atoms with Crippen molar-refractivity contribution in [2.24, 2.45) is 0 Å². The highest BCUT2D eigenvalue weighted by Crippen LogP contribution is 2.24. The highest BCUT2D eigenvalue weighted by molar-refractivity contribution is 5.73. The van der Waals surface area contributed by atoms with E-state index in [1.807, 2.05) is 0 Å². The molecule has 0 fully saturated rings. The third-order valence-electron chi connectivity index (χ3n) is 2.65. The molecule has 1 amide bonds. The van der Waals surface area contributed by atoms with Crippen LogP contribution in [0.5, 0.6) is 11.5 Å². The fourth-order valence-electron chi connectivity index (χ4n) is 1.80. The molecule has 0 bridgehead atoms. The smallest absolute Gasteiger partial charge is 0.303 e. The maximum Gasteiger partial charge on any atom is 0.303 e. The van der Waals surface area contributed by atoms with Crippen molar-refractivity contribution in [1.82, 2.24) is 5.32 Å². The SMILES string of the molecule is CC(=O)NC(CCC(=O)O)Cc1ccc(O)cc1O. The Morgan fingerprint density at radius 1 is 1.32 bits per heavy atom. The van der Waals surface area contributed by atoms with Gasteiger partial charge in [-0.05, 0) is 24.5 Å². The van der Waals surface area contributed by atoms with Gasteiger partial charge in [0.1, 0.15) is 11.5 Å². The lowest BCUT2D eigenvalue weighted by atomic mass is 10.0. The van der Waals surface area contributed by atoms with Crippen molar-refractivity contribution >= 4 is 11.9 Å². The number of carbonyl (C=O) groups is 2. The molecule has 0 saturated heterocycles. The summed E-state index contributed by atoms with van der Waals surface area (Å²) in [6, 6.07) is 3.80. The highest BCUT2D eigenvalue weighted by atomic mass is 16.4. The van der Waals surface area contributed by atoms with Crippen molar-refractivity contribution in [1.29, 1.82) is 0 Å². The first-order valence-electron chi connectivity index (χ1n) is 5.88. The van der Waals surface area contributed by atoms with Crippen LogP contribution in [0.4, 0.5) is 0 Å². The van der Waals surface area contributed by atoms with Crippen LogP contribution in [0.25, 0.3) is 0 Å². The zero-order valence-corrected chi connectivity index (χ0v) is 10.6. The Morgan fingerprint density at radius 3 is 2.53 bits per heavy atom. The third-order valence-corrected chi connectivity index (χ3v) is 2.65. The molecule has 4 N–H and O–H groups in total. The minimum Gasteiger partial charge on any atom is -0.508 e. The summed E-state index contributed by atoms with van der Waals surface area (Å²) in [5.74, 6) is -1.33. The number of carbonyl (C=O) groups excluding carboxylic acids is 1. The molecule has 0 aliphatic heterocycles. The Balaban J connectivity index is 2.74. The summed E-state index contributed by atoms with van der Waals surface area (Å²) in [5, 5.41) is 30.2. The predicted molar refractivity (Wildman–Crippen MR) is 68.0 cm³/mol. The van der Waals surface area contributed by atoms with E-state index in [0.717, 1.165) is 0 Å². The molecule has 0 aliphatic carbocycles. The van der Waals surface area contributed by atoms with Crippen LogP contribution >= 0.6 is 0 Å². The van der Waals surface area contributed by atoms with Crippen molar-refractivity contribution in [3.63, 3.8) is 0 Å². The van der Waals surface area contributed by atoms with Gasteiger partial charge in [-0.2, -0.15) is 0 Å². The number of hydrogen-bond acceptors (Lipinski definition) is 4. The van der Waals surface area contributed by atoms with Gasteiger partial charge in [0.2, 0.25) is 5.91 Å². The number of benzene rings is 1. The number of carboxylic acid groups (broad SMARTS) is 1. The molecule has 1 atom stereocenters. The summed E-state index contributed by atoms with van der Waals surface area (Å²) < 4.78 is 0. The van der Waals surface area contributed by atoms with Gasteiger partial charge in [-0.1, -0.05) is 6.07 Å². The van der Waals surface area contributed by atoms with Crippen LogP contribution < -0.4 is 5.32 Å². The van der Waals surface area contributed by atoms with Gasteiger partial charge in [0.15, 0.2) is 0 Å². The minimum atomic E-state index is -0.940. The lowest BCUT2D eigenvalue weighted by Crippen LogP contribution is -2.35. The van der Waals surface area contributed by atoms with Crippen LogP contribution in [-0.4, -0.2) is 33.2 Å². The number of aromatic hydroxyl groups is 2. The number of rotatable bonds is 6. The largest absolute Gasteiger partial charge is 0.508 e. The highest BCUT2D eigenvalue weighted by Gasteiger charge is 2.15. The molecule has 0 saturated carbocycles. The van der Waals surface area contributed by atoms with Crippen molar-refractivity contribution in [2.75, 3.05) is 0 Å². The van der Waals surface area contributed by atoms with E-state index in [0.29, 0.717) is 12.0 Å². The van der Waals surface area contributed by atoms with E-state index in [4.69, 9.17) is 5.11 Å². The molecule has 0 aromatic heterocycles. The van der Waals surface area contributed by atoms with Gasteiger partial charge in [-0.15, -0.1) is 0 Å². The molecule has 6 nitrogen and oxygen atoms in total. The summed E-state index contributed by atoms with van der Waals surface area (Å²) in [4.78, 5) is 21.6. The Hall–Kier alpha value is -2.24. The van der Waals surface area contributed by atoms with E-state index in [-0.39, 0.29) is 36.3 Å². The Bertz CT molecular complexity index is 472. The van der Waals surface area contributed by atoms with Gasteiger partial charge in [0.25, 0.3) is 0 Å². The van der Waals surface area contributed by atoms with Crippen LogP contribution in [0.2, 0.25) is 0 Å². The quantitative estimate of drug-likeness (QED) is 0.615. The van der Waals surface area contributed by atoms with Crippen molar-refractivity contribution in [2.45, 2.75) is 32.2 Å². The van der Waals surface area contributed by atoms with Gasteiger partial charge >= 0.3 is 5.97 Å². The average molecular weight is 267 g/mol. The predicted octanol–water partition coefficient (Wildman–Crippen LogP) is 1.01. The molecule has 0 aliphatic rings. The number of amides is 1. The third kappa shape index (κ3) is 5.29. The fraction of sp³-hybridized carbons (Fsp3) is 0.385.